The fraction of sp³-hybridized carbons (Fsp3) is 0.375. The number of piperazine rings is 1. The predicted molar refractivity (Wildman–Crippen MR) is 131 cm³/mol. The van der Waals surface area contributed by atoms with Crippen LogP contribution in [0.4, 0.5) is 18.9 Å². The van der Waals surface area contributed by atoms with Gasteiger partial charge in [-0.2, -0.15) is 13.2 Å². The molecule has 10 heteroatoms. The first-order chi connectivity index (χ1) is 16.2. The summed E-state index contributed by atoms with van der Waals surface area (Å²) in [6.45, 7) is 4.81. The molecule has 0 bridgehead atoms. The zero-order valence-electron chi connectivity index (χ0n) is 19.0. The molecule has 4 rings (SSSR count). The monoisotopic (exact) mass is 511 g/mol. The number of hydrogen-bond donors (Lipinski definition) is 1. The van der Waals surface area contributed by atoms with E-state index in [4.69, 9.17) is 4.74 Å². The van der Waals surface area contributed by atoms with Crippen LogP contribution >= 0.6 is 23.3 Å². The minimum atomic E-state index is -4.70. The van der Waals surface area contributed by atoms with Crippen molar-refractivity contribution in [2.24, 2.45) is 0 Å². The highest BCUT2D eigenvalue weighted by molar-refractivity contribution is 7.98. The standard InChI is InChI=1S/C17H19F3N2OS2.C7H9NO/c1-16(23,17(18,19)20)13-4-6-14(7-5-13)21-8-10-22(11-9-21)25-15-3-2-12-24-15;1-9-6-7-3-2-4-8-5-7/h2-7,12,23H,8-11H2,1H3;2-5H,6H2,1H3. The first-order valence-corrected chi connectivity index (χ1v) is 12.3. The minimum Gasteiger partial charge on any atom is -0.380 e. The van der Waals surface area contributed by atoms with Gasteiger partial charge in [0.25, 0.3) is 0 Å². The Balaban J connectivity index is 0.000000302. The van der Waals surface area contributed by atoms with Gasteiger partial charge in [-0.3, -0.25) is 4.98 Å². The molecule has 5 nitrogen and oxygen atoms in total. The zero-order valence-corrected chi connectivity index (χ0v) is 20.7. The second kappa shape index (κ2) is 12.0. The summed E-state index contributed by atoms with van der Waals surface area (Å²) in [6, 6.07) is 14.0. The summed E-state index contributed by atoms with van der Waals surface area (Å²) in [5.74, 6) is 0. The van der Waals surface area contributed by atoms with Crippen molar-refractivity contribution in [1.29, 1.82) is 0 Å². The maximum absolute atomic E-state index is 12.9. The highest BCUT2D eigenvalue weighted by Gasteiger charge is 2.51. The molecule has 2 aromatic heterocycles. The van der Waals surface area contributed by atoms with E-state index in [-0.39, 0.29) is 5.56 Å². The number of thiophene rings is 1. The van der Waals surface area contributed by atoms with Crippen LogP contribution in [0, 0.1) is 0 Å². The van der Waals surface area contributed by atoms with Crippen molar-refractivity contribution < 1.29 is 23.0 Å². The average molecular weight is 512 g/mol. The average Bonchev–Trinajstić information content (AvgIpc) is 3.33. The van der Waals surface area contributed by atoms with Gasteiger partial charge in [-0.05, 0) is 59.6 Å². The molecule has 0 aliphatic carbocycles. The van der Waals surface area contributed by atoms with Gasteiger partial charge in [-0.1, -0.05) is 24.3 Å². The Morgan fingerprint density at radius 1 is 1.06 bits per heavy atom. The van der Waals surface area contributed by atoms with Crippen LogP contribution in [0.25, 0.3) is 0 Å². The third kappa shape index (κ3) is 7.19. The first-order valence-electron chi connectivity index (χ1n) is 10.7. The van der Waals surface area contributed by atoms with E-state index in [1.54, 1.807) is 54.9 Å². The molecule has 1 fully saturated rings. The van der Waals surface area contributed by atoms with Crippen molar-refractivity contribution in [3.63, 3.8) is 0 Å². The Kier molecular flexibility index (Phi) is 9.38. The fourth-order valence-electron chi connectivity index (χ4n) is 3.29. The van der Waals surface area contributed by atoms with Gasteiger partial charge >= 0.3 is 6.18 Å². The molecular formula is C24H28F3N3O2S2. The normalized spacial score (nSPS) is 16.5. The van der Waals surface area contributed by atoms with Crippen molar-refractivity contribution in [1.82, 2.24) is 9.29 Å². The van der Waals surface area contributed by atoms with Crippen LogP contribution in [0.15, 0.2) is 70.5 Å². The van der Waals surface area contributed by atoms with Crippen LogP contribution < -0.4 is 4.90 Å². The van der Waals surface area contributed by atoms with Gasteiger partial charge in [-0.25, -0.2) is 4.31 Å². The quantitative estimate of drug-likeness (QED) is 0.437. The number of anilines is 1. The van der Waals surface area contributed by atoms with E-state index in [2.05, 4.69) is 25.6 Å². The smallest absolute Gasteiger partial charge is 0.380 e. The molecule has 3 aromatic rings. The maximum Gasteiger partial charge on any atom is 0.421 e. The van der Waals surface area contributed by atoms with Crippen LogP contribution in [0.3, 0.4) is 0 Å². The molecular weight excluding hydrogens is 483 g/mol. The van der Waals surface area contributed by atoms with Crippen LogP contribution in [0.1, 0.15) is 18.1 Å². The van der Waals surface area contributed by atoms with Gasteiger partial charge in [0, 0.05) is 51.4 Å². The number of aliphatic hydroxyl groups is 1. The lowest BCUT2D eigenvalue weighted by atomic mass is 9.95. The summed E-state index contributed by atoms with van der Waals surface area (Å²) in [5, 5.41) is 11.8. The van der Waals surface area contributed by atoms with Crippen molar-refractivity contribution in [3.05, 3.63) is 77.4 Å². The van der Waals surface area contributed by atoms with E-state index in [1.807, 2.05) is 18.2 Å². The Hall–Kier alpha value is -2.11. The molecule has 1 atom stereocenters. The van der Waals surface area contributed by atoms with Crippen molar-refractivity contribution >= 4 is 29.0 Å². The number of benzene rings is 1. The molecule has 3 heterocycles. The Labute approximate surface area is 206 Å². The molecule has 1 N–H and O–H groups in total. The van der Waals surface area contributed by atoms with Gasteiger partial charge < -0.3 is 14.7 Å². The van der Waals surface area contributed by atoms with Gasteiger partial charge in [0.1, 0.15) is 0 Å². The van der Waals surface area contributed by atoms with Crippen LogP contribution in [0.2, 0.25) is 0 Å². The van der Waals surface area contributed by atoms with Crippen molar-refractivity contribution in [2.45, 2.75) is 29.5 Å². The SMILES string of the molecule is CC(O)(c1ccc(N2CCN(Sc3cccs3)CC2)cc1)C(F)(F)F.COCc1cccnc1. The lowest BCUT2D eigenvalue weighted by Gasteiger charge is -2.35. The molecule has 184 valence electrons. The Morgan fingerprint density at radius 3 is 2.29 bits per heavy atom. The molecule has 0 saturated carbocycles. The van der Waals surface area contributed by atoms with Gasteiger partial charge in [0.2, 0.25) is 0 Å². The summed E-state index contributed by atoms with van der Waals surface area (Å²) < 4.78 is 47.2. The Bertz CT molecular complexity index is 977. The number of methoxy groups -OCH3 is 1. The third-order valence-electron chi connectivity index (χ3n) is 5.33. The van der Waals surface area contributed by atoms with E-state index in [0.29, 0.717) is 6.61 Å². The second-order valence-electron chi connectivity index (χ2n) is 7.85. The third-order valence-corrected chi connectivity index (χ3v) is 7.45. The highest BCUT2D eigenvalue weighted by atomic mass is 32.2. The summed E-state index contributed by atoms with van der Waals surface area (Å²) in [6.07, 6.45) is -1.15. The predicted octanol–water partition coefficient (Wildman–Crippen LogP) is 5.58. The lowest BCUT2D eigenvalue weighted by molar-refractivity contribution is -0.258. The van der Waals surface area contributed by atoms with Gasteiger partial charge in [0.05, 0.1) is 10.8 Å². The van der Waals surface area contributed by atoms with Crippen LogP contribution in [0.5, 0.6) is 0 Å². The maximum atomic E-state index is 12.9. The number of halogens is 3. The number of pyridine rings is 1. The second-order valence-corrected chi connectivity index (χ2v) is 10.2. The number of aromatic nitrogens is 1. The molecule has 0 amide bonds. The van der Waals surface area contributed by atoms with E-state index in [9.17, 15) is 18.3 Å². The fourth-order valence-corrected chi connectivity index (χ4v) is 5.13. The summed E-state index contributed by atoms with van der Waals surface area (Å²) in [7, 11) is 1.67. The number of hydrogen-bond acceptors (Lipinski definition) is 7. The number of ether oxygens (including phenoxy) is 1. The molecule has 1 aliphatic heterocycles. The van der Waals surface area contributed by atoms with Crippen LogP contribution in [-0.2, 0) is 16.9 Å². The largest absolute Gasteiger partial charge is 0.421 e. The number of alkyl halides is 3. The summed E-state index contributed by atoms with van der Waals surface area (Å²) in [5.41, 5.74) is -0.986. The molecule has 1 saturated heterocycles. The summed E-state index contributed by atoms with van der Waals surface area (Å²) in [4.78, 5) is 6.07. The Morgan fingerprint density at radius 2 is 1.76 bits per heavy atom. The number of nitrogens with zero attached hydrogens (tertiary/aromatic N) is 3. The topological polar surface area (TPSA) is 48.8 Å². The number of rotatable bonds is 6. The minimum absolute atomic E-state index is 0.143. The summed E-state index contributed by atoms with van der Waals surface area (Å²) >= 11 is 3.46. The van der Waals surface area contributed by atoms with Gasteiger partial charge in [0.15, 0.2) is 5.60 Å². The van der Waals surface area contributed by atoms with E-state index in [1.165, 1.54) is 16.3 Å². The van der Waals surface area contributed by atoms with Crippen molar-refractivity contribution in [3.8, 4) is 0 Å². The van der Waals surface area contributed by atoms with E-state index in [0.717, 1.165) is 44.4 Å². The molecule has 0 radical (unpaired) electrons. The van der Waals surface area contributed by atoms with E-state index >= 15 is 0 Å². The van der Waals surface area contributed by atoms with Gasteiger partial charge in [-0.15, -0.1) is 11.3 Å². The first kappa shape index (κ1) is 26.5. The molecule has 1 unspecified atom stereocenters. The van der Waals surface area contributed by atoms with Crippen molar-refractivity contribution in [2.75, 3.05) is 38.2 Å². The highest BCUT2D eigenvalue weighted by Crippen LogP contribution is 2.39. The molecule has 1 aromatic carbocycles. The molecule has 0 spiro atoms. The van der Waals surface area contributed by atoms with Crippen LogP contribution in [-0.4, -0.2) is 53.9 Å². The van der Waals surface area contributed by atoms with E-state index < -0.39 is 11.8 Å². The molecule has 34 heavy (non-hydrogen) atoms. The lowest BCUT2D eigenvalue weighted by Crippen LogP contribution is -2.43. The zero-order chi connectivity index (χ0) is 24.6. The molecule has 1 aliphatic rings.